The van der Waals surface area contributed by atoms with Gasteiger partial charge in [0.15, 0.2) is 0 Å². The SMILES string of the molecule is [2H]c1c([2H])c([2H])c(-c2c([2H])c([2H])c3c(oc4c([2H])c(-c5ccc(-c6c7ccccc7c(-c7ccccc7)c7ccccc67)c6ccccc56)c([2H])c([2H])c43)c2[2H])c([2H])c1[2H]. The molecule has 0 aliphatic rings. The van der Waals surface area contributed by atoms with Gasteiger partial charge in [-0.05, 0) is 101 Å². The number of rotatable bonds is 4. The van der Waals surface area contributed by atoms with Crippen molar-refractivity contribution in [2.45, 2.75) is 0 Å². The largest absolute Gasteiger partial charge is 0.456 e. The standard InChI is InChI=1S/C48H30O/c1-3-13-31(14-4-1)33-23-25-38-39-26-24-34(30-46(39)49-45(38)29-33)35-27-28-44(37-18-8-7-17-36(35)37)48-42-21-11-9-19-40(42)47(32-15-5-2-6-16-32)41-20-10-12-22-43(41)48/h1-30H/i1D,3D,4D,13D,14D,23D,24D,25D,26D,29D,30D. The zero-order valence-electron chi connectivity index (χ0n) is 36.9. The van der Waals surface area contributed by atoms with E-state index in [2.05, 4.69) is 36.4 Å². The zero-order valence-corrected chi connectivity index (χ0v) is 25.9. The van der Waals surface area contributed by atoms with Crippen LogP contribution in [0, 0.1) is 0 Å². The lowest BCUT2D eigenvalue weighted by Crippen LogP contribution is -1.92. The molecule has 228 valence electrons. The van der Waals surface area contributed by atoms with Crippen LogP contribution in [0.4, 0.5) is 0 Å². The Morgan fingerprint density at radius 3 is 1.45 bits per heavy atom. The molecule has 0 aliphatic heterocycles. The minimum absolute atomic E-state index is 0.0827. The Kier molecular flexibility index (Phi) is 4.25. The average molecular weight is 634 g/mol. The first kappa shape index (κ1) is 18.8. The average Bonchev–Trinajstić information content (AvgIpc) is 3.69. The molecule has 0 atom stereocenters. The minimum Gasteiger partial charge on any atom is -0.456 e. The summed E-state index contributed by atoms with van der Waals surface area (Å²) in [6.07, 6.45) is 0. The summed E-state index contributed by atoms with van der Waals surface area (Å²) < 4.78 is 103. The maximum Gasteiger partial charge on any atom is 0.136 e. The third-order valence-electron chi connectivity index (χ3n) is 9.22. The maximum absolute atomic E-state index is 9.52. The number of benzene rings is 9. The highest BCUT2D eigenvalue weighted by Crippen LogP contribution is 2.46. The van der Waals surface area contributed by atoms with Crippen LogP contribution >= 0.6 is 0 Å². The minimum atomic E-state index is -0.657. The zero-order chi connectivity index (χ0) is 41.9. The quantitative estimate of drug-likeness (QED) is 0.176. The fourth-order valence-electron chi connectivity index (χ4n) is 7.09. The molecule has 0 aliphatic carbocycles. The summed E-state index contributed by atoms with van der Waals surface area (Å²) in [6.45, 7) is 0. The van der Waals surface area contributed by atoms with Crippen LogP contribution in [0.25, 0.3) is 98.8 Å². The second kappa shape index (κ2) is 11.1. The van der Waals surface area contributed by atoms with E-state index in [1.807, 2.05) is 78.9 Å². The molecule has 9 aromatic carbocycles. The highest BCUT2D eigenvalue weighted by molar-refractivity contribution is 6.24. The number of hydrogen-bond donors (Lipinski definition) is 0. The summed E-state index contributed by atoms with van der Waals surface area (Å²) in [7, 11) is 0. The molecule has 1 nitrogen and oxygen atoms in total. The van der Waals surface area contributed by atoms with Crippen molar-refractivity contribution in [2.75, 3.05) is 0 Å². The Labute approximate surface area is 299 Å². The molecule has 0 saturated heterocycles. The summed E-state index contributed by atoms with van der Waals surface area (Å²) in [5, 5.41) is 5.67. The van der Waals surface area contributed by atoms with Gasteiger partial charge in [-0.1, -0.05) is 158 Å². The first-order valence-corrected chi connectivity index (χ1v) is 16.0. The molecule has 0 amide bonds. The van der Waals surface area contributed by atoms with Crippen LogP contribution in [0.2, 0.25) is 0 Å². The van der Waals surface area contributed by atoms with E-state index in [0.29, 0.717) is 5.56 Å². The molecule has 1 heteroatoms. The van der Waals surface area contributed by atoms with Gasteiger partial charge >= 0.3 is 0 Å². The van der Waals surface area contributed by atoms with Gasteiger partial charge in [0.1, 0.15) is 11.2 Å². The Morgan fingerprint density at radius 2 is 0.816 bits per heavy atom. The van der Waals surface area contributed by atoms with Crippen molar-refractivity contribution in [3.8, 4) is 44.5 Å². The normalized spacial score (nSPS) is 14.8. The Hall–Kier alpha value is -6.44. The van der Waals surface area contributed by atoms with E-state index < -0.39 is 59.5 Å². The molecule has 10 aromatic rings. The van der Waals surface area contributed by atoms with E-state index in [1.165, 1.54) is 0 Å². The van der Waals surface area contributed by atoms with Crippen LogP contribution in [0.15, 0.2) is 186 Å². The van der Waals surface area contributed by atoms with E-state index in [1.54, 1.807) is 0 Å². The Bertz CT molecular complexity index is 3420. The molecular weight excluding hydrogens is 593 g/mol. The van der Waals surface area contributed by atoms with E-state index in [4.69, 9.17) is 15.4 Å². The molecule has 0 bridgehead atoms. The predicted octanol–water partition coefficient (Wildman–Crippen LogP) is 13.7. The molecule has 0 saturated carbocycles. The van der Waals surface area contributed by atoms with Gasteiger partial charge in [-0.25, -0.2) is 0 Å². The molecule has 0 N–H and O–H groups in total. The van der Waals surface area contributed by atoms with Gasteiger partial charge in [-0.2, -0.15) is 0 Å². The molecule has 49 heavy (non-hydrogen) atoms. The van der Waals surface area contributed by atoms with E-state index in [0.717, 1.165) is 54.6 Å². The summed E-state index contributed by atoms with van der Waals surface area (Å²) in [5.74, 6) is 0. The summed E-state index contributed by atoms with van der Waals surface area (Å²) in [6, 6.07) is 32.8. The van der Waals surface area contributed by atoms with Crippen LogP contribution in [0.1, 0.15) is 15.1 Å². The van der Waals surface area contributed by atoms with Gasteiger partial charge in [0.05, 0.1) is 15.1 Å². The molecular formula is C48H30O. The topological polar surface area (TPSA) is 13.1 Å². The molecule has 10 rings (SSSR count). The second-order valence-electron chi connectivity index (χ2n) is 11.9. The van der Waals surface area contributed by atoms with Gasteiger partial charge in [0.2, 0.25) is 0 Å². The first-order valence-electron chi connectivity index (χ1n) is 21.5. The number of furan rings is 1. The van der Waals surface area contributed by atoms with Crippen molar-refractivity contribution in [3.63, 3.8) is 0 Å². The van der Waals surface area contributed by atoms with Crippen molar-refractivity contribution in [1.29, 1.82) is 0 Å². The van der Waals surface area contributed by atoms with Crippen molar-refractivity contribution in [2.24, 2.45) is 0 Å². The maximum atomic E-state index is 9.52. The van der Waals surface area contributed by atoms with Crippen molar-refractivity contribution in [3.05, 3.63) is 182 Å². The molecule has 1 aromatic heterocycles. The monoisotopic (exact) mass is 633 g/mol. The van der Waals surface area contributed by atoms with Gasteiger partial charge in [-0.3, -0.25) is 0 Å². The molecule has 1 heterocycles. The summed E-state index contributed by atoms with van der Waals surface area (Å²) in [4.78, 5) is 0. The molecule has 0 radical (unpaired) electrons. The predicted molar refractivity (Wildman–Crippen MR) is 208 cm³/mol. The summed E-state index contributed by atoms with van der Waals surface area (Å²) >= 11 is 0. The van der Waals surface area contributed by atoms with Crippen LogP contribution in [0.5, 0.6) is 0 Å². The van der Waals surface area contributed by atoms with Crippen molar-refractivity contribution < 1.29 is 19.5 Å². The number of hydrogen-bond acceptors (Lipinski definition) is 1. The van der Waals surface area contributed by atoms with E-state index in [9.17, 15) is 4.11 Å². The highest BCUT2D eigenvalue weighted by atomic mass is 16.3. The Balaban J connectivity index is 1.24. The molecule has 0 spiro atoms. The summed E-state index contributed by atoms with van der Waals surface area (Å²) in [5.41, 5.74) is 3.56. The number of fused-ring (bicyclic) bond motifs is 6. The van der Waals surface area contributed by atoms with Crippen LogP contribution in [-0.2, 0) is 0 Å². The fraction of sp³-hybridized carbons (Fsp3) is 0. The first-order chi connectivity index (χ1) is 28.9. The van der Waals surface area contributed by atoms with E-state index in [-0.39, 0.29) is 45.6 Å². The van der Waals surface area contributed by atoms with Gasteiger partial charge in [0.25, 0.3) is 0 Å². The fourth-order valence-corrected chi connectivity index (χ4v) is 7.09. The second-order valence-corrected chi connectivity index (χ2v) is 11.9. The van der Waals surface area contributed by atoms with Gasteiger partial charge in [0, 0.05) is 10.8 Å². The lowest BCUT2D eigenvalue weighted by atomic mass is 9.84. The highest BCUT2D eigenvalue weighted by Gasteiger charge is 2.19. The van der Waals surface area contributed by atoms with Crippen molar-refractivity contribution in [1.82, 2.24) is 0 Å². The lowest BCUT2D eigenvalue weighted by Gasteiger charge is -2.19. The van der Waals surface area contributed by atoms with Crippen LogP contribution in [0.3, 0.4) is 0 Å². The molecule has 0 fully saturated rings. The Morgan fingerprint density at radius 1 is 0.327 bits per heavy atom. The van der Waals surface area contributed by atoms with Gasteiger partial charge in [-0.15, -0.1) is 0 Å². The smallest absolute Gasteiger partial charge is 0.136 e. The van der Waals surface area contributed by atoms with Crippen LogP contribution in [-0.4, -0.2) is 0 Å². The van der Waals surface area contributed by atoms with E-state index >= 15 is 0 Å². The van der Waals surface area contributed by atoms with Crippen LogP contribution < -0.4 is 0 Å². The molecule has 0 unspecified atom stereocenters. The third-order valence-corrected chi connectivity index (χ3v) is 9.22. The lowest BCUT2D eigenvalue weighted by molar-refractivity contribution is 0.669. The third kappa shape index (κ3) is 4.40. The van der Waals surface area contributed by atoms with Crippen molar-refractivity contribution >= 4 is 54.3 Å². The van der Waals surface area contributed by atoms with Gasteiger partial charge < -0.3 is 4.42 Å².